The van der Waals surface area contributed by atoms with Crippen LogP contribution in [0.1, 0.15) is 18.5 Å². The van der Waals surface area contributed by atoms with Gasteiger partial charge in [-0.25, -0.2) is 0 Å². The second-order valence-corrected chi connectivity index (χ2v) is 10.1. The summed E-state index contributed by atoms with van der Waals surface area (Å²) in [5.41, 5.74) is 1.53. The maximum absolute atomic E-state index is 13.5. The van der Waals surface area contributed by atoms with Crippen LogP contribution in [0.15, 0.2) is 48.1 Å². The van der Waals surface area contributed by atoms with Gasteiger partial charge in [-0.15, -0.1) is 0 Å². The smallest absolute Gasteiger partial charge is 0.382 e. The molecule has 41 heavy (non-hydrogen) atoms. The van der Waals surface area contributed by atoms with Crippen LogP contribution in [-0.4, -0.2) is 94.9 Å². The van der Waals surface area contributed by atoms with Crippen LogP contribution in [0.25, 0.3) is 10.9 Å². The molecule has 2 aliphatic rings. The summed E-state index contributed by atoms with van der Waals surface area (Å²) in [6.45, 7) is 0.647. The van der Waals surface area contributed by atoms with Crippen molar-refractivity contribution in [1.29, 1.82) is 0 Å². The van der Waals surface area contributed by atoms with Gasteiger partial charge in [-0.3, -0.25) is 14.8 Å². The molecule has 1 aromatic heterocycles. The predicted octanol–water partition coefficient (Wildman–Crippen LogP) is 1.24. The van der Waals surface area contributed by atoms with E-state index < -0.39 is 36.9 Å². The summed E-state index contributed by atoms with van der Waals surface area (Å²) >= 11 is 0. The quantitative estimate of drug-likeness (QED) is 0.204. The monoisotopic (exact) mass is 577 g/mol. The molecule has 6 N–H and O–H groups in total. The van der Waals surface area contributed by atoms with Gasteiger partial charge in [0.25, 0.3) is 5.91 Å². The van der Waals surface area contributed by atoms with Crippen LogP contribution in [0, 0.1) is 11.8 Å². The summed E-state index contributed by atoms with van der Waals surface area (Å²) in [6.07, 6.45) is -2.93. The molecule has 1 fully saturated rings. The van der Waals surface area contributed by atoms with Gasteiger partial charge in [0.15, 0.2) is 0 Å². The second kappa shape index (κ2) is 12.6. The van der Waals surface area contributed by atoms with E-state index in [2.05, 4.69) is 39.7 Å². The molecule has 1 aliphatic heterocycles. The fourth-order valence-corrected chi connectivity index (χ4v) is 4.96. The number of amides is 1. The lowest BCUT2D eigenvalue weighted by Gasteiger charge is -2.30. The zero-order valence-electron chi connectivity index (χ0n) is 22.7. The van der Waals surface area contributed by atoms with Crippen LogP contribution in [-0.2, 0) is 16.1 Å². The Labute approximate surface area is 235 Å². The highest BCUT2D eigenvalue weighted by Crippen LogP contribution is 2.31. The van der Waals surface area contributed by atoms with Crippen molar-refractivity contribution >= 4 is 22.5 Å². The van der Waals surface area contributed by atoms with Crippen molar-refractivity contribution in [3.8, 4) is 11.8 Å². The van der Waals surface area contributed by atoms with Gasteiger partial charge in [0, 0.05) is 29.7 Å². The normalized spacial score (nSPS) is 20.4. The van der Waals surface area contributed by atoms with Crippen LogP contribution in [0.2, 0.25) is 0 Å². The van der Waals surface area contributed by atoms with E-state index >= 15 is 0 Å². The zero-order chi connectivity index (χ0) is 29.8. The summed E-state index contributed by atoms with van der Waals surface area (Å²) in [5.74, 6) is 5.19. The fourth-order valence-electron chi connectivity index (χ4n) is 4.96. The Morgan fingerprint density at radius 2 is 1.93 bits per heavy atom. The summed E-state index contributed by atoms with van der Waals surface area (Å²) in [6, 6.07) is 6.35. The first-order valence-corrected chi connectivity index (χ1v) is 13.2. The number of rotatable bonds is 8. The lowest BCUT2D eigenvalue weighted by molar-refractivity contribution is -0.462. The molecule has 2 atom stereocenters. The van der Waals surface area contributed by atoms with E-state index in [4.69, 9.17) is 4.74 Å². The Bertz CT molecular complexity index is 1360. The van der Waals surface area contributed by atoms with Crippen molar-refractivity contribution in [2.75, 3.05) is 39.0 Å². The third-order valence-corrected chi connectivity index (χ3v) is 6.97. The largest absolute Gasteiger partial charge is 0.406 e. The fraction of sp³-hybridized carbons (Fsp3) is 0.464. The third-order valence-electron chi connectivity index (χ3n) is 6.97. The van der Waals surface area contributed by atoms with Gasteiger partial charge in [0.1, 0.15) is 12.6 Å². The molecule has 4 rings (SSSR count). The first-order valence-electron chi connectivity index (χ1n) is 13.2. The standard InChI is InChI=1S/C28H34F3N5O5/c1-32-26(37)18-8-9-23(25(15-18)41-28(38,39)40)33-12-4-5-20-16-21-22(34-19-10-13-35(2)14-11-19)6-3-7-24(21)36(20)17-27(29,30)31/h3,6-9,15-16,19,23,25,33-34,38-40H,10-14,17H2,1-2H3,(H,32,37). The van der Waals surface area contributed by atoms with Crippen molar-refractivity contribution in [3.05, 3.63) is 53.8 Å². The number of likely N-dealkylation sites (N-methyl/N-ethyl adjacent to an activating group) is 1. The van der Waals surface area contributed by atoms with E-state index in [9.17, 15) is 33.3 Å². The molecule has 2 aromatic rings. The van der Waals surface area contributed by atoms with E-state index in [-0.39, 0.29) is 23.9 Å². The molecule has 222 valence electrons. The number of hydrogen-bond donors (Lipinski definition) is 6. The summed E-state index contributed by atoms with van der Waals surface area (Å²) in [7, 11) is 3.48. The molecule has 1 aromatic carbocycles. The minimum Gasteiger partial charge on any atom is -0.382 e. The number of aliphatic hydroxyl groups is 3. The Morgan fingerprint density at radius 1 is 1.20 bits per heavy atom. The molecule has 0 saturated carbocycles. The first-order chi connectivity index (χ1) is 19.3. The number of piperidine rings is 1. The van der Waals surface area contributed by atoms with Crippen molar-refractivity contribution in [1.82, 2.24) is 20.1 Å². The van der Waals surface area contributed by atoms with E-state index in [0.29, 0.717) is 10.9 Å². The molecule has 1 amide bonds. The molecule has 0 radical (unpaired) electrons. The van der Waals surface area contributed by atoms with Crippen LogP contribution in [0.3, 0.4) is 0 Å². The van der Waals surface area contributed by atoms with Crippen molar-refractivity contribution < 1.29 is 38.0 Å². The van der Waals surface area contributed by atoms with Gasteiger partial charge in [-0.1, -0.05) is 24.1 Å². The minimum absolute atomic E-state index is 0.0262. The molecule has 2 unspecified atom stereocenters. The highest BCUT2D eigenvalue weighted by Gasteiger charge is 2.32. The van der Waals surface area contributed by atoms with Crippen LogP contribution < -0.4 is 16.0 Å². The molecule has 1 saturated heterocycles. The molecule has 1 aliphatic carbocycles. The van der Waals surface area contributed by atoms with E-state index in [1.165, 1.54) is 25.3 Å². The van der Waals surface area contributed by atoms with Crippen molar-refractivity contribution in [2.45, 2.75) is 49.9 Å². The second-order valence-electron chi connectivity index (χ2n) is 10.1. The van der Waals surface area contributed by atoms with E-state index in [0.717, 1.165) is 36.2 Å². The number of alkyl halides is 3. The maximum atomic E-state index is 13.5. The van der Waals surface area contributed by atoms with Crippen LogP contribution in [0.4, 0.5) is 18.9 Å². The number of halogens is 3. The average Bonchev–Trinajstić information content (AvgIpc) is 3.23. The Morgan fingerprint density at radius 3 is 2.59 bits per heavy atom. The number of fused-ring (bicyclic) bond motifs is 1. The number of aromatic nitrogens is 1. The molecular formula is C28H34F3N5O5. The first kappa shape index (κ1) is 30.6. The Kier molecular flexibility index (Phi) is 9.43. The lowest BCUT2D eigenvalue weighted by Crippen LogP contribution is -2.47. The number of nitrogens with zero attached hydrogens (tertiary/aromatic N) is 2. The molecule has 10 nitrogen and oxygen atoms in total. The number of carbonyl (C=O) groups is 1. The Balaban J connectivity index is 1.55. The number of benzene rings is 1. The summed E-state index contributed by atoms with van der Waals surface area (Å²) < 4.78 is 46.6. The number of nitrogens with one attached hydrogen (secondary N) is 3. The number of carbonyl (C=O) groups excluding carboxylic acids is 1. The van der Waals surface area contributed by atoms with Gasteiger partial charge >= 0.3 is 12.3 Å². The molecular weight excluding hydrogens is 543 g/mol. The minimum atomic E-state index is -4.46. The van der Waals surface area contributed by atoms with E-state index in [1.54, 1.807) is 18.2 Å². The van der Waals surface area contributed by atoms with Crippen molar-refractivity contribution in [3.63, 3.8) is 0 Å². The number of anilines is 1. The third kappa shape index (κ3) is 8.32. The molecule has 0 spiro atoms. The van der Waals surface area contributed by atoms with E-state index in [1.807, 2.05) is 6.07 Å². The zero-order valence-corrected chi connectivity index (χ0v) is 22.7. The topological polar surface area (TPSA) is 131 Å². The Hall–Kier alpha value is -3.38. The number of ether oxygens (including phenoxy) is 1. The maximum Gasteiger partial charge on any atom is 0.406 e. The number of hydrogen-bond acceptors (Lipinski definition) is 8. The molecule has 13 heteroatoms. The average molecular weight is 578 g/mol. The van der Waals surface area contributed by atoms with Crippen LogP contribution in [0.5, 0.6) is 0 Å². The number of likely N-dealkylation sites (tertiary alicyclic amines) is 1. The lowest BCUT2D eigenvalue weighted by atomic mass is 9.99. The SMILES string of the molecule is CNC(=O)C1=CC(OC(O)(O)O)C(NCC#Cc2cc3c(NC4CCN(C)CC4)cccc3n2CC(F)(F)F)C=C1. The van der Waals surface area contributed by atoms with Gasteiger partial charge in [0.2, 0.25) is 0 Å². The van der Waals surface area contributed by atoms with Gasteiger partial charge < -0.3 is 35.4 Å². The van der Waals surface area contributed by atoms with Crippen LogP contribution >= 0.6 is 0 Å². The van der Waals surface area contributed by atoms with Gasteiger partial charge in [-0.05, 0) is 63.2 Å². The van der Waals surface area contributed by atoms with Crippen molar-refractivity contribution in [2.24, 2.45) is 0 Å². The molecule has 0 bridgehead atoms. The molecule has 2 heterocycles. The van der Waals surface area contributed by atoms with Gasteiger partial charge in [-0.2, -0.15) is 13.2 Å². The van der Waals surface area contributed by atoms with Gasteiger partial charge in [0.05, 0.1) is 23.8 Å². The highest BCUT2D eigenvalue weighted by atomic mass is 19.4. The summed E-state index contributed by atoms with van der Waals surface area (Å²) in [5, 5.41) is 37.4. The predicted molar refractivity (Wildman–Crippen MR) is 146 cm³/mol. The highest BCUT2D eigenvalue weighted by molar-refractivity contribution is 5.96. The summed E-state index contributed by atoms with van der Waals surface area (Å²) in [4.78, 5) is 14.2.